The van der Waals surface area contributed by atoms with E-state index in [9.17, 15) is 9.59 Å². The molecule has 5 aromatic rings. The fourth-order valence-corrected chi connectivity index (χ4v) is 5.54. The molecule has 45 heavy (non-hydrogen) atoms. The van der Waals surface area contributed by atoms with Crippen molar-refractivity contribution in [3.05, 3.63) is 124 Å². The Labute approximate surface area is 263 Å². The molecule has 0 fully saturated rings. The van der Waals surface area contributed by atoms with Gasteiger partial charge in [-0.1, -0.05) is 48.5 Å². The Morgan fingerprint density at radius 2 is 1.56 bits per heavy atom. The van der Waals surface area contributed by atoms with Crippen LogP contribution in [0.15, 0.2) is 102 Å². The summed E-state index contributed by atoms with van der Waals surface area (Å²) in [6.45, 7) is 4.82. The number of ether oxygens (including phenoxy) is 3. The van der Waals surface area contributed by atoms with Gasteiger partial charge in [-0.15, -0.1) is 0 Å². The first kappa shape index (κ1) is 31.3. The van der Waals surface area contributed by atoms with Gasteiger partial charge in [-0.3, -0.25) is 14.2 Å². The van der Waals surface area contributed by atoms with Crippen LogP contribution in [-0.4, -0.2) is 47.7 Å². The molecular weight excluding hydrogens is 566 g/mol. The van der Waals surface area contributed by atoms with Crippen LogP contribution in [-0.2, 0) is 17.6 Å². The Hall–Kier alpha value is -5.11. The van der Waals surface area contributed by atoms with Gasteiger partial charge < -0.3 is 19.1 Å². The third-order valence-corrected chi connectivity index (χ3v) is 7.93. The summed E-state index contributed by atoms with van der Waals surface area (Å²) < 4.78 is 18.2. The summed E-state index contributed by atoms with van der Waals surface area (Å²) in [6, 6.07) is 29.9. The monoisotopic (exact) mass is 605 g/mol. The standard InChI is InChI=1S/C37H39N3O5/c1-5-45-30-19-17-29(18-20-30)40-36(38-32-14-10-9-13-31(32)37(40)42)26(2)39(35(41)22-16-27-11-7-6-8-12-27)24-23-28-15-21-33(43-3)34(25-28)44-4/h6-15,17-21,25-26H,5,16,22-24H2,1-4H3. The van der Waals surface area contributed by atoms with Crippen LogP contribution in [0.25, 0.3) is 16.6 Å². The zero-order valence-corrected chi connectivity index (χ0v) is 26.2. The topological polar surface area (TPSA) is 82.9 Å². The van der Waals surface area contributed by atoms with Crippen molar-refractivity contribution < 1.29 is 19.0 Å². The number of nitrogens with zero attached hydrogens (tertiary/aromatic N) is 3. The molecule has 0 aliphatic carbocycles. The molecule has 0 aliphatic heterocycles. The molecule has 0 saturated heterocycles. The smallest absolute Gasteiger partial charge is 0.266 e. The van der Waals surface area contributed by atoms with E-state index in [1.54, 1.807) is 24.9 Å². The Balaban J connectivity index is 1.55. The van der Waals surface area contributed by atoms with E-state index in [2.05, 4.69) is 0 Å². The van der Waals surface area contributed by atoms with Gasteiger partial charge in [0.2, 0.25) is 5.91 Å². The van der Waals surface area contributed by atoms with Crippen molar-refractivity contribution in [1.29, 1.82) is 0 Å². The molecule has 1 unspecified atom stereocenters. The van der Waals surface area contributed by atoms with Crippen molar-refractivity contribution in [2.24, 2.45) is 0 Å². The molecule has 0 radical (unpaired) electrons. The molecule has 232 valence electrons. The fraction of sp³-hybridized carbons (Fsp3) is 0.270. The number of carbonyl (C=O) groups is 1. The van der Waals surface area contributed by atoms with Gasteiger partial charge in [0, 0.05) is 13.0 Å². The van der Waals surface area contributed by atoms with Crippen LogP contribution in [0.5, 0.6) is 17.2 Å². The maximum absolute atomic E-state index is 14.0. The van der Waals surface area contributed by atoms with E-state index in [1.165, 1.54) is 0 Å². The Bertz CT molecular complexity index is 1800. The van der Waals surface area contributed by atoms with E-state index < -0.39 is 6.04 Å². The highest BCUT2D eigenvalue weighted by molar-refractivity contribution is 5.79. The lowest BCUT2D eigenvalue weighted by Gasteiger charge is -2.31. The van der Waals surface area contributed by atoms with Gasteiger partial charge in [-0.2, -0.15) is 0 Å². The van der Waals surface area contributed by atoms with Crippen molar-refractivity contribution in [3.63, 3.8) is 0 Å². The van der Waals surface area contributed by atoms with Crippen molar-refractivity contribution in [2.45, 2.75) is 39.2 Å². The maximum Gasteiger partial charge on any atom is 0.266 e. The highest BCUT2D eigenvalue weighted by Gasteiger charge is 2.27. The number of hydrogen-bond acceptors (Lipinski definition) is 6. The van der Waals surface area contributed by atoms with Crippen LogP contribution in [0.2, 0.25) is 0 Å². The number of para-hydroxylation sites is 1. The number of amides is 1. The van der Waals surface area contributed by atoms with Gasteiger partial charge in [-0.05, 0) is 86.3 Å². The minimum atomic E-state index is -0.516. The summed E-state index contributed by atoms with van der Waals surface area (Å²) in [5.74, 6) is 2.46. The van der Waals surface area contributed by atoms with Crippen molar-refractivity contribution in [1.82, 2.24) is 14.5 Å². The predicted molar refractivity (Wildman–Crippen MR) is 177 cm³/mol. The van der Waals surface area contributed by atoms with Crippen LogP contribution >= 0.6 is 0 Å². The van der Waals surface area contributed by atoms with E-state index in [0.717, 1.165) is 11.1 Å². The SMILES string of the molecule is CCOc1ccc(-n2c(C(C)N(CCc3ccc(OC)c(OC)c3)C(=O)CCc3ccccc3)nc3ccccc3c2=O)cc1. The number of carbonyl (C=O) groups excluding carboxylic acids is 1. The molecule has 0 bridgehead atoms. The van der Waals surface area contributed by atoms with Gasteiger partial charge in [0.05, 0.1) is 43.5 Å². The molecule has 1 amide bonds. The first-order chi connectivity index (χ1) is 21.9. The lowest BCUT2D eigenvalue weighted by Crippen LogP contribution is -2.38. The molecule has 8 nitrogen and oxygen atoms in total. The van der Waals surface area contributed by atoms with E-state index >= 15 is 0 Å². The van der Waals surface area contributed by atoms with Crippen LogP contribution in [0.3, 0.4) is 0 Å². The summed E-state index contributed by atoms with van der Waals surface area (Å²) in [6.07, 6.45) is 1.50. The Morgan fingerprint density at radius 1 is 0.844 bits per heavy atom. The first-order valence-corrected chi connectivity index (χ1v) is 15.2. The number of benzene rings is 4. The van der Waals surface area contributed by atoms with E-state index in [1.807, 2.05) is 110 Å². The lowest BCUT2D eigenvalue weighted by atomic mass is 10.1. The number of aromatic nitrogens is 2. The molecule has 0 spiro atoms. The molecular formula is C37H39N3O5. The Morgan fingerprint density at radius 3 is 2.27 bits per heavy atom. The largest absolute Gasteiger partial charge is 0.494 e. The predicted octanol–water partition coefficient (Wildman–Crippen LogP) is 6.57. The third kappa shape index (κ3) is 7.17. The number of methoxy groups -OCH3 is 2. The minimum absolute atomic E-state index is 0.0209. The summed E-state index contributed by atoms with van der Waals surface area (Å²) >= 11 is 0. The number of rotatable bonds is 13. The van der Waals surface area contributed by atoms with E-state index in [-0.39, 0.29) is 11.5 Å². The molecule has 0 N–H and O–H groups in total. The molecule has 1 heterocycles. The van der Waals surface area contributed by atoms with Crippen molar-refractivity contribution >= 4 is 16.8 Å². The van der Waals surface area contributed by atoms with Crippen LogP contribution in [0, 0.1) is 0 Å². The highest BCUT2D eigenvalue weighted by Crippen LogP contribution is 2.29. The first-order valence-electron chi connectivity index (χ1n) is 15.2. The zero-order chi connectivity index (χ0) is 31.8. The lowest BCUT2D eigenvalue weighted by molar-refractivity contribution is -0.133. The molecule has 8 heteroatoms. The van der Waals surface area contributed by atoms with Gasteiger partial charge in [0.25, 0.3) is 5.56 Å². The van der Waals surface area contributed by atoms with Crippen LogP contribution in [0.4, 0.5) is 0 Å². The average Bonchev–Trinajstić information content (AvgIpc) is 3.08. The maximum atomic E-state index is 14.0. The number of hydrogen-bond donors (Lipinski definition) is 0. The molecule has 4 aromatic carbocycles. The van der Waals surface area contributed by atoms with Gasteiger partial charge in [-0.25, -0.2) is 4.98 Å². The van der Waals surface area contributed by atoms with Crippen LogP contribution in [0.1, 0.15) is 43.3 Å². The quantitative estimate of drug-likeness (QED) is 0.151. The summed E-state index contributed by atoms with van der Waals surface area (Å²) in [5, 5.41) is 0.509. The van der Waals surface area contributed by atoms with E-state index in [4.69, 9.17) is 19.2 Å². The van der Waals surface area contributed by atoms with E-state index in [0.29, 0.717) is 72.1 Å². The molecule has 1 aromatic heterocycles. The second kappa shape index (κ2) is 14.6. The van der Waals surface area contributed by atoms with Gasteiger partial charge in [0.1, 0.15) is 11.6 Å². The van der Waals surface area contributed by atoms with Gasteiger partial charge >= 0.3 is 0 Å². The fourth-order valence-electron chi connectivity index (χ4n) is 5.54. The van der Waals surface area contributed by atoms with Gasteiger partial charge in [0.15, 0.2) is 11.5 Å². The summed E-state index contributed by atoms with van der Waals surface area (Å²) in [7, 11) is 3.21. The van der Waals surface area contributed by atoms with Crippen molar-refractivity contribution in [2.75, 3.05) is 27.4 Å². The molecule has 5 rings (SSSR count). The normalized spacial score (nSPS) is 11.6. The molecule has 0 saturated carbocycles. The Kier molecular flexibility index (Phi) is 10.1. The molecule has 1 atom stereocenters. The summed E-state index contributed by atoms with van der Waals surface area (Å²) in [5.41, 5.74) is 3.14. The zero-order valence-electron chi connectivity index (χ0n) is 26.2. The average molecular weight is 606 g/mol. The number of aryl methyl sites for hydroxylation is 1. The van der Waals surface area contributed by atoms with Crippen LogP contribution < -0.4 is 19.8 Å². The second-order valence-electron chi connectivity index (χ2n) is 10.7. The molecule has 0 aliphatic rings. The summed E-state index contributed by atoms with van der Waals surface area (Å²) in [4.78, 5) is 34.9. The number of fused-ring (bicyclic) bond motifs is 1. The highest BCUT2D eigenvalue weighted by atomic mass is 16.5. The second-order valence-corrected chi connectivity index (χ2v) is 10.7. The van der Waals surface area contributed by atoms with Crippen molar-refractivity contribution in [3.8, 4) is 22.9 Å². The minimum Gasteiger partial charge on any atom is -0.494 e. The third-order valence-electron chi connectivity index (χ3n) is 7.93.